The molecule has 1 saturated heterocycles. The predicted molar refractivity (Wildman–Crippen MR) is 76.8 cm³/mol. The molecule has 0 bridgehead atoms. The predicted octanol–water partition coefficient (Wildman–Crippen LogP) is 1.90. The molecule has 6 heteroatoms. The molecular formula is C12H21BN2O2S. The van der Waals surface area contributed by atoms with Gasteiger partial charge in [-0.25, -0.2) is 4.98 Å². The molecular weight excluding hydrogens is 247 g/mol. The fourth-order valence-electron chi connectivity index (χ4n) is 1.50. The first-order chi connectivity index (χ1) is 11.4. The number of aromatic nitrogens is 1. The van der Waals surface area contributed by atoms with Crippen LogP contribution in [0.15, 0.2) is 5.38 Å². The normalized spacial score (nSPS) is 30.1. The van der Waals surface area contributed by atoms with Gasteiger partial charge in [-0.2, -0.15) is 0 Å². The third kappa shape index (κ3) is 2.29. The first-order valence-electron chi connectivity index (χ1n) is 9.51. The van der Waals surface area contributed by atoms with Crippen LogP contribution in [0, 0.1) is 0 Å². The molecule has 0 N–H and O–H groups in total. The lowest BCUT2D eigenvalue weighted by atomic mass is 9.86. The number of nitrogens with zero attached hydrogens (tertiary/aromatic N) is 2. The number of rotatable bonds is 3. The molecule has 1 aromatic rings. The zero-order valence-electron chi connectivity index (χ0n) is 18.8. The van der Waals surface area contributed by atoms with Gasteiger partial charge in [0, 0.05) is 29.8 Å². The van der Waals surface area contributed by atoms with Crippen molar-refractivity contribution in [3.8, 4) is 0 Å². The van der Waals surface area contributed by atoms with E-state index in [1.54, 1.807) is 0 Å². The molecule has 4 nitrogen and oxygen atoms in total. The van der Waals surface area contributed by atoms with Crippen LogP contribution in [0.3, 0.4) is 0 Å². The first-order valence-corrected chi connectivity index (χ1v) is 6.39. The number of hydrogen-bond acceptors (Lipinski definition) is 5. The molecule has 1 fully saturated rings. The Morgan fingerprint density at radius 1 is 1.44 bits per heavy atom. The Bertz CT molecular complexity index is 657. The molecule has 0 aromatic carbocycles. The van der Waals surface area contributed by atoms with Crippen LogP contribution >= 0.6 is 11.3 Å². The molecule has 100 valence electrons. The van der Waals surface area contributed by atoms with Crippen molar-refractivity contribution in [2.24, 2.45) is 0 Å². The average Bonchev–Trinajstić information content (AvgIpc) is 2.89. The van der Waals surface area contributed by atoms with Crippen molar-refractivity contribution in [1.29, 1.82) is 0 Å². The second kappa shape index (κ2) is 4.51. The number of hydrogen-bond donors (Lipinski definition) is 0. The van der Waals surface area contributed by atoms with Crippen LogP contribution in [-0.2, 0) is 9.31 Å². The minimum Gasteiger partial charge on any atom is -0.398 e. The molecule has 0 spiro atoms. The maximum Gasteiger partial charge on any atom is 0.515 e. The highest BCUT2D eigenvalue weighted by Gasteiger charge is 2.52. The Kier molecular flexibility index (Phi) is 1.68. The summed E-state index contributed by atoms with van der Waals surface area (Å²) in [7, 11) is -0.859. The van der Waals surface area contributed by atoms with Crippen LogP contribution < -0.4 is 10.5 Å². The molecule has 1 aliphatic rings. The molecule has 0 aliphatic carbocycles. The zero-order valence-corrected chi connectivity index (χ0v) is 11.6. The summed E-state index contributed by atoms with van der Waals surface area (Å²) in [6.07, 6.45) is 0. The lowest BCUT2D eigenvalue weighted by Crippen LogP contribution is -2.41. The minimum absolute atomic E-state index is 0.215. The third-order valence-corrected chi connectivity index (χ3v) is 4.15. The minimum atomic E-state index is -3.18. The van der Waals surface area contributed by atoms with Crippen molar-refractivity contribution >= 4 is 29.2 Å². The summed E-state index contributed by atoms with van der Waals surface area (Å²) in [4.78, 5) is 4.33. The molecule has 1 aromatic heterocycles. The molecule has 0 unspecified atom stereocenters. The number of anilines is 1. The van der Waals surface area contributed by atoms with Crippen molar-refractivity contribution < 1.29 is 20.3 Å². The van der Waals surface area contributed by atoms with Crippen LogP contribution in [0.5, 0.6) is 0 Å². The van der Waals surface area contributed by atoms with Gasteiger partial charge in [-0.1, -0.05) is 0 Å². The van der Waals surface area contributed by atoms with E-state index in [0.29, 0.717) is 0 Å². The van der Waals surface area contributed by atoms with E-state index < -0.39 is 38.6 Å². The second-order valence-corrected chi connectivity index (χ2v) is 5.93. The first kappa shape index (κ1) is 6.73. The van der Waals surface area contributed by atoms with E-state index in [1.807, 2.05) is 27.7 Å². The Labute approximate surface area is 125 Å². The van der Waals surface area contributed by atoms with Gasteiger partial charge in [0.1, 0.15) is 0 Å². The maximum atomic E-state index is 7.85. The summed E-state index contributed by atoms with van der Waals surface area (Å²) >= 11 is 0.819. The van der Waals surface area contributed by atoms with Crippen LogP contribution in [0.4, 0.5) is 5.13 Å². The van der Waals surface area contributed by atoms with Gasteiger partial charge in [-0.3, -0.25) is 0 Å². The topological polar surface area (TPSA) is 34.6 Å². The highest BCUT2D eigenvalue weighted by molar-refractivity contribution is 7.14. The van der Waals surface area contributed by atoms with Crippen LogP contribution in [0.25, 0.3) is 0 Å². The van der Waals surface area contributed by atoms with Gasteiger partial charge in [0.2, 0.25) is 0 Å². The average molecular weight is 276 g/mol. The quantitative estimate of drug-likeness (QED) is 0.790. The van der Waals surface area contributed by atoms with Crippen LogP contribution in [0.1, 0.15) is 45.5 Å². The summed E-state index contributed by atoms with van der Waals surface area (Å²) in [6.45, 7) is -1.96. The van der Waals surface area contributed by atoms with Crippen molar-refractivity contribution in [2.75, 3.05) is 18.4 Å². The molecule has 2 rings (SSSR count). The molecule has 18 heavy (non-hydrogen) atoms. The van der Waals surface area contributed by atoms with E-state index in [0.717, 1.165) is 11.3 Å². The Morgan fingerprint density at radius 3 is 2.67 bits per heavy atom. The van der Waals surface area contributed by atoms with Gasteiger partial charge < -0.3 is 14.2 Å². The molecule has 0 radical (unpaired) electrons. The molecule has 0 amide bonds. The third-order valence-electron chi connectivity index (χ3n) is 3.31. The number of thiazole rings is 1. The lowest BCUT2D eigenvalue weighted by Gasteiger charge is -2.32. The molecule has 1 aliphatic heterocycles. The van der Waals surface area contributed by atoms with Crippen molar-refractivity contribution in [3.05, 3.63) is 5.38 Å². The Balaban J connectivity index is 2.40. The summed E-state index contributed by atoms with van der Waals surface area (Å²) in [5.74, 6) is 0. The highest BCUT2D eigenvalue weighted by Crippen LogP contribution is 2.36. The zero-order chi connectivity index (χ0) is 20.3. The summed E-state index contributed by atoms with van der Waals surface area (Å²) < 4.78 is 72.2. The molecule has 2 heterocycles. The van der Waals surface area contributed by atoms with Crippen molar-refractivity contribution in [3.63, 3.8) is 0 Å². The fraction of sp³-hybridized carbons (Fsp3) is 0.750. The SMILES string of the molecule is [2H]C([2H])([2H])N(c1nc(B2OC(C)(C)C(C)(C)O2)cs1)C([2H])([2H])C([2H])([2H])[2H]. The monoisotopic (exact) mass is 276 g/mol. The van der Waals surface area contributed by atoms with E-state index in [2.05, 4.69) is 4.98 Å². The van der Waals surface area contributed by atoms with Gasteiger partial charge in [-0.05, 0) is 34.5 Å². The van der Waals surface area contributed by atoms with Gasteiger partial charge in [0.25, 0.3) is 0 Å². The van der Waals surface area contributed by atoms with E-state index in [4.69, 9.17) is 20.3 Å². The Morgan fingerprint density at radius 2 is 2.11 bits per heavy atom. The largest absolute Gasteiger partial charge is 0.515 e. The second-order valence-electron chi connectivity index (χ2n) is 5.09. The van der Waals surface area contributed by atoms with Gasteiger partial charge in [0.15, 0.2) is 5.13 Å². The van der Waals surface area contributed by atoms with E-state index in [9.17, 15) is 0 Å². The lowest BCUT2D eigenvalue weighted by molar-refractivity contribution is 0.00578. The summed E-state index contributed by atoms with van der Waals surface area (Å²) in [5.41, 5.74) is -0.990. The summed E-state index contributed by atoms with van der Waals surface area (Å²) in [5, 5.41) is 1.20. The van der Waals surface area contributed by atoms with Crippen molar-refractivity contribution in [2.45, 2.75) is 45.7 Å². The summed E-state index contributed by atoms with van der Waals surface area (Å²) in [6, 6.07) is 0. The van der Waals surface area contributed by atoms with E-state index in [-0.39, 0.29) is 15.6 Å². The van der Waals surface area contributed by atoms with E-state index >= 15 is 0 Å². The maximum absolute atomic E-state index is 7.85. The van der Waals surface area contributed by atoms with Crippen LogP contribution in [-0.4, -0.2) is 36.8 Å². The van der Waals surface area contributed by atoms with E-state index in [1.165, 1.54) is 5.38 Å². The van der Waals surface area contributed by atoms with Gasteiger partial charge in [0.05, 0.1) is 16.8 Å². The van der Waals surface area contributed by atoms with Crippen molar-refractivity contribution in [1.82, 2.24) is 4.98 Å². The van der Waals surface area contributed by atoms with Crippen LogP contribution in [0.2, 0.25) is 0 Å². The molecule has 0 saturated carbocycles. The van der Waals surface area contributed by atoms with Gasteiger partial charge >= 0.3 is 7.12 Å². The smallest absolute Gasteiger partial charge is 0.398 e. The fourth-order valence-corrected chi connectivity index (χ4v) is 2.20. The standard InChI is InChI=1S/C12H21BN2O2S/c1-7-15(6)10-14-9(8-18-10)13-16-11(2,3)12(4,5)17-13/h8H,7H2,1-6H3/i1D3,6D3,7D2. The Hall–Kier alpha value is -0.585. The highest BCUT2D eigenvalue weighted by atomic mass is 32.1. The molecule has 0 atom stereocenters. The van der Waals surface area contributed by atoms with Gasteiger partial charge in [-0.15, -0.1) is 11.3 Å².